The van der Waals surface area contributed by atoms with Crippen molar-refractivity contribution in [2.75, 3.05) is 25.0 Å². The van der Waals surface area contributed by atoms with Gasteiger partial charge in [0.15, 0.2) is 0 Å². The number of aromatic nitrogens is 2. The van der Waals surface area contributed by atoms with Crippen LogP contribution in [0.3, 0.4) is 0 Å². The summed E-state index contributed by atoms with van der Waals surface area (Å²) in [4.78, 5) is 23.3. The monoisotopic (exact) mass is 417 g/mol. The number of nitrogens with zero attached hydrogens (tertiary/aromatic N) is 3. The molecule has 0 aliphatic carbocycles. The topological polar surface area (TPSA) is 90.4 Å². The summed E-state index contributed by atoms with van der Waals surface area (Å²) in [5.74, 6) is 0.372. The van der Waals surface area contributed by atoms with Crippen LogP contribution in [0.2, 0.25) is 0 Å². The van der Waals surface area contributed by atoms with E-state index in [1.165, 1.54) is 11.1 Å². The summed E-state index contributed by atoms with van der Waals surface area (Å²) < 4.78 is 0. The van der Waals surface area contributed by atoms with E-state index in [9.17, 15) is 9.90 Å². The molecule has 0 unspecified atom stereocenters. The zero-order valence-corrected chi connectivity index (χ0v) is 17.4. The molecule has 1 atom stereocenters. The van der Waals surface area contributed by atoms with Crippen molar-refractivity contribution in [3.8, 4) is 0 Å². The molecular formula is C24H27N5O2. The van der Waals surface area contributed by atoms with Crippen molar-refractivity contribution in [1.29, 1.82) is 0 Å². The first-order valence-corrected chi connectivity index (χ1v) is 10.5. The molecular weight excluding hydrogens is 390 g/mol. The first-order valence-electron chi connectivity index (χ1n) is 10.5. The summed E-state index contributed by atoms with van der Waals surface area (Å²) in [5, 5.41) is 16.4. The van der Waals surface area contributed by atoms with Crippen molar-refractivity contribution in [3.63, 3.8) is 0 Å². The molecule has 3 heterocycles. The van der Waals surface area contributed by atoms with Gasteiger partial charge in [0, 0.05) is 44.1 Å². The van der Waals surface area contributed by atoms with Crippen LogP contribution in [0.15, 0.2) is 67.0 Å². The number of anilines is 1. The zero-order chi connectivity index (χ0) is 21.5. The Kier molecular flexibility index (Phi) is 6.86. The van der Waals surface area contributed by atoms with Crippen LogP contribution in [0.1, 0.15) is 27.2 Å². The summed E-state index contributed by atoms with van der Waals surface area (Å²) in [7, 11) is 0. The lowest BCUT2D eigenvalue weighted by molar-refractivity contribution is 0.0842. The van der Waals surface area contributed by atoms with E-state index in [1.54, 1.807) is 24.5 Å². The molecule has 7 heteroatoms. The number of carbonyl (C=O) groups excluding carboxylic acids is 1. The quantitative estimate of drug-likeness (QED) is 0.521. The largest absolute Gasteiger partial charge is 0.390 e. The van der Waals surface area contributed by atoms with Gasteiger partial charge >= 0.3 is 0 Å². The van der Waals surface area contributed by atoms with Crippen LogP contribution in [-0.4, -0.2) is 51.6 Å². The van der Waals surface area contributed by atoms with E-state index in [1.807, 2.05) is 24.3 Å². The van der Waals surface area contributed by atoms with Crippen LogP contribution in [0.4, 0.5) is 5.82 Å². The van der Waals surface area contributed by atoms with Crippen LogP contribution in [0.5, 0.6) is 0 Å². The third-order valence-corrected chi connectivity index (χ3v) is 5.38. The van der Waals surface area contributed by atoms with Gasteiger partial charge in [-0.25, -0.2) is 4.98 Å². The molecule has 0 bridgehead atoms. The number of fused-ring (bicyclic) bond motifs is 1. The second kappa shape index (κ2) is 10.1. The number of aliphatic hydroxyl groups excluding tert-OH is 1. The normalized spacial score (nSPS) is 14.5. The highest BCUT2D eigenvalue weighted by atomic mass is 16.3. The number of carbonyl (C=O) groups is 1. The van der Waals surface area contributed by atoms with Gasteiger partial charge in [-0.3, -0.25) is 14.7 Å². The van der Waals surface area contributed by atoms with Crippen molar-refractivity contribution >= 4 is 11.7 Å². The molecule has 160 valence electrons. The highest BCUT2D eigenvalue weighted by molar-refractivity contribution is 5.94. The molecule has 1 aliphatic rings. The van der Waals surface area contributed by atoms with Gasteiger partial charge in [0.05, 0.1) is 18.3 Å². The summed E-state index contributed by atoms with van der Waals surface area (Å²) in [6.07, 6.45) is 3.69. The number of hydrogen-bond donors (Lipinski definition) is 3. The summed E-state index contributed by atoms with van der Waals surface area (Å²) in [5.41, 5.74) is 4.08. The van der Waals surface area contributed by atoms with E-state index in [4.69, 9.17) is 0 Å². The average Bonchev–Trinajstić information content (AvgIpc) is 2.82. The summed E-state index contributed by atoms with van der Waals surface area (Å²) in [6.45, 7) is 3.00. The van der Waals surface area contributed by atoms with E-state index in [2.05, 4.69) is 43.7 Å². The fourth-order valence-corrected chi connectivity index (χ4v) is 3.74. The van der Waals surface area contributed by atoms with Crippen LogP contribution in [-0.2, 0) is 19.5 Å². The van der Waals surface area contributed by atoms with E-state index < -0.39 is 6.10 Å². The molecule has 7 nitrogen and oxygen atoms in total. The van der Waals surface area contributed by atoms with Crippen molar-refractivity contribution < 1.29 is 9.90 Å². The van der Waals surface area contributed by atoms with Gasteiger partial charge in [0.25, 0.3) is 5.91 Å². The van der Waals surface area contributed by atoms with Crippen molar-refractivity contribution in [2.24, 2.45) is 0 Å². The molecule has 4 rings (SSSR count). The molecule has 31 heavy (non-hydrogen) atoms. The minimum atomic E-state index is -0.627. The highest BCUT2D eigenvalue weighted by Gasteiger charge is 2.19. The van der Waals surface area contributed by atoms with E-state index in [-0.39, 0.29) is 12.5 Å². The highest BCUT2D eigenvalue weighted by Crippen LogP contribution is 2.18. The molecule has 1 amide bonds. The molecule has 0 saturated carbocycles. The Morgan fingerprint density at radius 1 is 1.06 bits per heavy atom. The van der Waals surface area contributed by atoms with E-state index in [0.717, 1.165) is 25.2 Å². The number of hydrogen-bond acceptors (Lipinski definition) is 6. The third-order valence-electron chi connectivity index (χ3n) is 5.38. The predicted octanol–water partition coefficient (Wildman–Crippen LogP) is 2.24. The lowest BCUT2D eigenvalue weighted by Crippen LogP contribution is -2.42. The molecule has 0 fully saturated rings. The Hall–Kier alpha value is -3.29. The molecule has 1 aliphatic heterocycles. The smallest absolute Gasteiger partial charge is 0.251 e. The Morgan fingerprint density at radius 2 is 1.90 bits per heavy atom. The molecule has 3 N–H and O–H groups in total. The maximum atomic E-state index is 12.5. The Balaban J connectivity index is 1.25. The molecule has 2 aromatic heterocycles. The molecule has 0 saturated heterocycles. The number of rotatable bonds is 8. The molecule has 0 radical (unpaired) electrons. The van der Waals surface area contributed by atoms with Gasteiger partial charge in [-0.1, -0.05) is 30.3 Å². The van der Waals surface area contributed by atoms with Crippen LogP contribution >= 0.6 is 0 Å². The van der Waals surface area contributed by atoms with Crippen molar-refractivity contribution in [2.45, 2.75) is 25.6 Å². The standard InChI is InChI=1S/C24H27N5O2/c30-22(17-29-12-9-18-5-1-2-6-20(18)16-29)15-28-24(31)19-8-11-26-23(13-19)27-14-21-7-3-4-10-25-21/h1-8,10-11,13,22,30H,9,12,14-17H2,(H,26,27)(H,28,31)/t22-/m0/s1. The number of nitrogens with one attached hydrogen (secondary N) is 2. The first-order chi connectivity index (χ1) is 15.2. The number of aliphatic hydroxyl groups is 1. The van der Waals surface area contributed by atoms with Gasteiger partial charge in [-0.15, -0.1) is 0 Å². The number of benzene rings is 1. The Morgan fingerprint density at radius 3 is 2.74 bits per heavy atom. The zero-order valence-electron chi connectivity index (χ0n) is 17.4. The van der Waals surface area contributed by atoms with E-state index >= 15 is 0 Å². The fourth-order valence-electron chi connectivity index (χ4n) is 3.74. The van der Waals surface area contributed by atoms with Gasteiger partial charge in [0.1, 0.15) is 5.82 Å². The number of pyridine rings is 2. The molecule has 3 aromatic rings. The van der Waals surface area contributed by atoms with Crippen molar-refractivity contribution in [3.05, 3.63) is 89.4 Å². The predicted molar refractivity (Wildman–Crippen MR) is 120 cm³/mol. The van der Waals surface area contributed by atoms with Gasteiger partial charge in [-0.05, 0) is 41.8 Å². The Bertz CT molecular complexity index is 1010. The van der Waals surface area contributed by atoms with Crippen LogP contribution in [0, 0.1) is 0 Å². The lowest BCUT2D eigenvalue weighted by atomic mass is 10.00. The third kappa shape index (κ3) is 5.87. The van der Waals surface area contributed by atoms with Crippen LogP contribution < -0.4 is 10.6 Å². The minimum Gasteiger partial charge on any atom is -0.390 e. The summed E-state index contributed by atoms with van der Waals surface area (Å²) in [6, 6.07) is 17.5. The van der Waals surface area contributed by atoms with E-state index in [0.29, 0.717) is 24.5 Å². The first kappa shape index (κ1) is 21.0. The maximum absolute atomic E-state index is 12.5. The van der Waals surface area contributed by atoms with Gasteiger partial charge in [0.2, 0.25) is 0 Å². The molecule has 0 spiro atoms. The lowest BCUT2D eigenvalue weighted by Gasteiger charge is -2.30. The van der Waals surface area contributed by atoms with Crippen molar-refractivity contribution in [1.82, 2.24) is 20.2 Å². The Labute approximate surface area is 182 Å². The SMILES string of the molecule is O=C(NC[C@H](O)CN1CCc2ccccc2C1)c1ccnc(NCc2ccccn2)c1. The number of β-amino-alcohol motifs (C(OH)–C–C–N with tert-alkyl or cyclic N) is 1. The maximum Gasteiger partial charge on any atom is 0.251 e. The average molecular weight is 418 g/mol. The molecule has 1 aromatic carbocycles. The second-order valence-electron chi connectivity index (χ2n) is 7.72. The van der Waals surface area contributed by atoms with Gasteiger partial charge in [-0.2, -0.15) is 0 Å². The minimum absolute atomic E-state index is 0.204. The van der Waals surface area contributed by atoms with Gasteiger partial charge < -0.3 is 15.7 Å². The second-order valence-corrected chi connectivity index (χ2v) is 7.72. The number of amides is 1. The summed E-state index contributed by atoms with van der Waals surface area (Å²) >= 11 is 0. The fraction of sp³-hybridized carbons (Fsp3) is 0.292. The van der Waals surface area contributed by atoms with Crippen LogP contribution in [0.25, 0.3) is 0 Å².